The van der Waals surface area contributed by atoms with E-state index in [1.807, 2.05) is 0 Å². The van der Waals surface area contributed by atoms with Crippen LogP contribution in [0.2, 0.25) is 6.04 Å². The lowest BCUT2D eigenvalue weighted by Gasteiger charge is -2.39. The van der Waals surface area contributed by atoms with Crippen LogP contribution in [0.25, 0.3) is 0 Å². The van der Waals surface area contributed by atoms with Crippen molar-refractivity contribution in [2.24, 2.45) is 0 Å². The molecule has 0 heterocycles. The van der Waals surface area contributed by atoms with E-state index >= 15 is 0 Å². The average Bonchev–Trinajstić information content (AvgIpc) is 2.72. The van der Waals surface area contributed by atoms with Crippen LogP contribution in [0.4, 0.5) is 57.1 Å². The van der Waals surface area contributed by atoms with Crippen molar-refractivity contribution in [3.63, 3.8) is 0 Å². The van der Waals surface area contributed by atoms with E-state index in [0.29, 0.717) is 0 Å². The Morgan fingerprint density at radius 3 is 1.38 bits per heavy atom. The first kappa shape index (κ1) is 33.2. The number of halogens is 13. The molecule has 0 spiro atoms. The maximum absolute atomic E-state index is 14.0. The van der Waals surface area contributed by atoms with Crippen molar-refractivity contribution in [2.75, 3.05) is 19.8 Å². The molecule has 0 aliphatic carbocycles. The Kier molecular flexibility index (Phi) is 12.1. The fourth-order valence-corrected chi connectivity index (χ4v) is 5.44. The summed E-state index contributed by atoms with van der Waals surface area (Å²) >= 11 is 0. The van der Waals surface area contributed by atoms with Gasteiger partial charge in [0.25, 0.3) is 6.43 Å². The summed E-state index contributed by atoms with van der Waals surface area (Å²) in [5.74, 6) is -28.3. The quantitative estimate of drug-likeness (QED) is 0.150. The van der Waals surface area contributed by atoms with E-state index < -0.39 is 76.3 Å². The number of alkyl halides is 13. The van der Waals surface area contributed by atoms with Crippen molar-refractivity contribution < 1.29 is 70.4 Å². The molecule has 0 aliphatic rings. The van der Waals surface area contributed by atoms with Gasteiger partial charge in [0.15, 0.2) is 12.3 Å². The highest BCUT2D eigenvalue weighted by Crippen LogP contribution is 2.56. The fraction of sp³-hybridized carbons (Fsp3) is 1.00. The Balaban J connectivity index is 5.72. The lowest BCUT2D eigenvalue weighted by molar-refractivity contribution is -0.387. The average molecular weight is 552 g/mol. The highest BCUT2D eigenvalue weighted by atomic mass is 28.4. The van der Waals surface area contributed by atoms with Crippen molar-refractivity contribution in [2.45, 2.75) is 88.3 Å². The van der Waals surface area contributed by atoms with Gasteiger partial charge in [-0.1, -0.05) is 0 Å². The molecule has 0 aromatic heterocycles. The van der Waals surface area contributed by atoms with E-state index in [9.17, 15) is 57.1 Å². The van der Waals surface area contributed by atoms with Crippen molar-refractivity contribution >= 4 is 8.80 Å². The summed E-state index contributed by atoms with van der Waals surface area (Å²) in [6.07, 6.45) is -21.2. The lowest BCUT2D eigenvalue weighted by atomic mass is 9.91. The molecule has 0 aromatic carbocycles. The molecule has 17 heteroatoms. The van der Waals surface area contributed by atoms with Crippen LogP contribution in [-0.4, -0.2) is 77.3 Å². The van der Waals surface area contributed by atoms with Gasteiger partial charge in [-0.15, -0.1) is 0 Å². The molecule has 0 bridgehead atoms. The van der Waals surface area contributed by atoms with Crippen LogP contribution in [0.15, 0.2) is 0 Å². The van der Waals surface area contributed by atoms with Gasteiger partial charge in [0.2, 0.25) is 6.17 Å². The highest BCUT2D eigenvalue weighted by molar-refractivity contribution is 6.60. The van der Waals surface area contributed by atoms with Crippen LogP contribution in [0.1, 0.15) is 33.6 Å². The van der Waals surface area contributed by atoms with Crippen LogP contribution < -0.4 is 0 Å². The third-order valence-corrected chi connectivity index (χ3v) is 7.68. The molecule has 0 amide bonds. The lowest BCUT2D eigenvalue weighted by Crippen LogP contribution is -2.68. The molecular formula is C17H25F13O3Si. The molecule has 206 valence electrons. The van der Waals surface area contributed by atoms with Crippen LogP contribution in [-0.2, 0) is 13.3 Å². The van der Waals surface area contributed by atoms with Gasteiger partial charge in [-0.3, -0.25) is 0 Å². The molecule has 0 fully saturated rings. The Morgan fingerprint density at radius 2 is 1.03 bits per heavy atom. The third kappa shape index (κ3) is 6.69. The number of rotatable bonds is 17. The van der Waals surface area contributed by atoms with Crippen LogP contribution in [0, 0.1) is 0 Å². The van der Waals surface area contributed by atoms with Crippen LogP contribution in [0.3, 0.4) is 0 Å². The smallest absolute Gasteiger partial charge is 0.374 e. The maximum Gasteiger partial charge on any atom is 0.500 e. The fourth-order valence-electron chi connectivity index (χ4n) is 2.80. The van der Waals surface area contributed by atoms with Gasteiger partial charge in [-0.05, 0) is 33.6 Å². The van der Waals surface area contributed by atoms with Crippen molar-refractivity contribution in [3.8, 4) is 0 Å². The summed E-state index contributed by atoms with van der Waals surface area (Å²) in [7, 11) is -3.60. The highest BCUT2D eigenvalue weighted by Gasteiger charge is 2.84. The standard InChI is InChI=1S/C17H25F13O3Si/c1-4-31-34(32-5-2,33-6-3)9-7-8-10(18)14(23,24)16(27,28)17(29,30)15(25,26)12(20)11(19)13(21)22/h10-13H,4-9H2,1-3H3. The minimum Gasteiger partial charge on any atom is -0.374 e. The van der Waals surface area contributed by atoms with Gasteiger partial charge in [-0.2, -0.15) is 35.1 Å². The van der Waals surface area contributed by atoms with Crippen molar-refractivity contribution in [3.05, 3.63) is 0 Å². The predicted octanol–water partition coefficient (Wildman–Crippen LogP) is 6.64. The maximum atomic E-state index is 14.0. The van der Waals surface area contributed by atoms with Gasteiger partial charge >= 0.3 is 32.5 Å². The van der Waals surface area contributed by atoms with Gasteiger partial charge in [0, 0.05) is 25.9 Å². The molecular weight excluding hydrogens is 527 g/mol. The van der Waals surface area contributed by atoms with Gasteiger partial charge in [0.05, 0.1) is 0 Å². The van der Waals surface area contributed by atoms with Crippen molar-refractivity contribution in [1.29, 1.82) is 0 Å². The third-order valence-electron chi connectivity index (χ3n) is 4.52. The summed E-state index contributed by atoms with van der Waals surface area (Å²) in [5, 5.41) is 0. The SMILES string of the molecule is CCO[Si](CCCC(F)C(F)(F)C(F)(F)C(F)(F)C(F)(F)C(F)C(F)C(F)F)(OCC)OCC. The summed E-state index contributed by atoms with van der Waals surface area (Å²) in [5.41, 5.74) is 0. The number of hydrogen-bond acceptors (Lipinski definition) is 3. The number of hydrogen-bond donors (Lipinski definition) is 0. The normalized spacial score (nSPS) is 17.2. The van der Waals surface area contributed by atoms with E-state index in [4.69, 9.17) is 13.3 Å². The van der Waals surface area contributed by atoms with Gasteiger partial charge < -0.3 is 13.3 Å². The Hall–Kier alpha value is -0.813. The monoisotopic (exact) mass is 552 g/mol. The topological polar surface area (TPSA) is 27.7 Å². The summed E-state index contributed by atoms with van der Waals surface area (Å²) < 4.78 is 190. The Bertz CT molecular complexity index is 592. The molecule has 0 aliphatic heterocycles. The predicted molar refractivity (Wildman–Crippen MR) is 95.2 cm³/mol. The summed E-state index contributed by atoms with van der Waals surface area (Å²) in [6, 6.07) is -0.443. The van der Waals surface area contributed by atoms with E-state index in [1.165, 1.54) is 20.8 Å². The molecule has 0 aromatic rings. The second-order valence-electron chi connectivity index (χ2n) is 6.92. The minimum atomic E-state index is -7.45. The second-order valence-corrected chi connectivity index (χ2v) is 9.65. The van der Waals surface area contributed by atoms with Gasteiger partial charge in [-0.25, -0.2) is 22.0 Å². The van der Waals surface area contributed by atoms with E-state index in [-0.39, 0.29) is 19.8 Å². The second kappa shape index (κ2) is 12.4. The zero-order valence-electron chi connectivity index (χ0n) is 18.2. The molecule has 0 rings (SSSR count). The zero-order valence-corrected chi connectivity index (χ0v) is 19.2. The van der Waals surface area contributed by atoms with E-state index in [0.717, 1.165) is 0 Å². The Labute approximate surface area is 188 Å². The first-order valence-electron chi connectivity index (χ1n) is 9.96. The van der Waals surface area contributed by atoms with Crippen LogP contribution >= 0.6 is 0 Å². The molecule has 3 atom stereocenters. The van der Waals surface area contributed by atoms with E-state index in [2.05, 4.69) is 0 Å². The van der Waals surface area contributed by atoms with E-state index in [1.54, 1.807) is 0 Å². The molecule has 0 saturated carbocycles. The summed E-state index contributed by atoms with van der Waals surface area (Å²) in [6.45, 7) is 4.42. The minimum absolute atomic E-state index is 0.0145. The van der Waals surface area contributed by atoms with Gasteiger partial charge in [0.1, 0.15) is 0 Å². The summed E-state index contributed by atoms with van der Waals surface area (Å²) in [4.78, 5) is 0. The molecule has 0 N–H and O–H groups in total. The Morgan fingerprint density at radius 1 is 0.647 bits per heavy atom. The molecule has 0 radical (unpaired) electrons. The molecule has 0 saturated heterocycles. The molecule has 3 unspecified atom stereocenters. The first-order chi connectivity index (χ1) is 15.3. The molecule has 3 nitrogen and oxygen atoms in total. The first-order valence-corrected chi connectivity index (χ1v) is 11.9. The van der Waals surface area contributed by atoms with Crippen molar-refractivity contribution in [1.82, 2.24) is 0 Å². The molecule has 34 heavy (non-hydrogen) atoms. The zero-order chi connectivity index (χ0) is 27.2. The largest absolute Gasteiger partial charge is 0.500 e. The van der Waals surface area contributed by atoms with Crippen LogP contribution in [0.5, 0.6) is 0 Å².